The fraction of sp³-hybridized carbons (Fsp3) is 0.636. The number of hydrogen-bond donors (Lipinski definition) is 5. The largest absolute Gasteiger partial charge is 0.390 e. The Bertz CT molecular complexity index is 679. The highest BCUT2D eigenvalue weighted by molar-refractivity contribution is 7.78. The van der Waals surface area contributed by atoms with Gasteiger partial charge in [-0.1, -0.05) is 19.1 Å². The third-order valence-electron chi connectivity index (χ3n) is 4.93. The van der Waals surface area contributed by atoms with Crippen molar-refractivity contribution in [1.82, 2.24) is 20.9 Å². The van der Waals surface area contributed by atoms with Crippen LogP contribution in [0.2, 0.25) is 0 Å². The number of rotatable bonds is 10. The summed E-state index contributed by atoms with van der Waals surface area (Å²) in [5, 5.41) is 9.68. The van der Waals surface area contributed by atoms with Crippen molar-refractivity contribution in [2.24, 2.45) is 5.73 Å². The van der Waals surface area contributed by atoms with Crippen LogP contribution >= 0.6 is 0 Å². The Labute approximate surface area is 191 Å². The van der Waals surface area contributed by atoms with Crippen molar-refractivity contribution in [3.8, 4) is 0 Å². The molecule has 0 amide bonds. The van der Waals surface area contributed by atoms with Gasteiger partial charge in [-0.2, -0.15) is 0 Å². The minimum atomic E-state index is -1.61. The van der Waals surface area contributed by atoms with Crippen molar-refractivity contribution in [2.45, 2.75) is 52.7 Å². The molecule has 0 spiro atoms. The summed E-state index contributed by atoms with van der Waals surface area (Å²) in [6, 6.07) is 0. The van der Waals surface area contributed by atoms with Gasteiger partial charge in [0.25, 0.3) is 0 Å². The Morgan fingerprint density at radius 3 is 2.45 bits per heavy atom. The lowest BCUT2D eigenvalue weighted by Gasteiger charge is -2.26. The molecule has 0 radical (unpaired) electrons. The van der Waals surface area contributed by atoms with Gasteiger partial charge in [0.15, 0.2) is 0 Å². The summed E-state index contributed by atoms with van der Waals surface area (Å²) in [4.78, 5) is 2.03. The van der Waals surface area contributed by atoms with Gasteiger partial charge >= 0.3 is 0 Å². The first-order chi connectivity index (χ1) is 14.6. The summed E-state index contributed by atoms with van der Waals surface area (Å²) in [6.07, 6.45) is 9.83. The first kappa shape index (κ1) is 29.2. The molecule has 1 saturated heterocycles. The van der Waals surface area contributed by atoms with E-state index in [-0.39, 0.29) is 6.10 Å². The van der Waals surface area contributed by atoms with Crippen LogP contribution in [0.1, 0.15) is 40.5 Å². The Morgan fingerprint density at radius 1 is 1.42 bits per heavy atom. The molecule has 9 heteroatoms. The summed E-state index contributed by atoms with van der Waals surface area (Å²) in [5.74, 6) is 0.676. The number of nitrogens with zero attached hydrogens (tertiary/aromatic N) is 1. The van der Waals surface area contributed by atoms with Crippen molar-refractivity contribution >= 4 is 11.1 Å². The molecule has 0 aromatic carbocycles. The molecule has 0 bridgehead atoms. The zero-order chi connectivity index (χ0) is 24.0. The standard InChI is InChI=1S/C21H39N5O.CH4O2S/c1-8-17(12-15(3)27-18-10-11-25-14-18)20(9-2)26(7)21(22)13-19(24-6)16(4)23-5;1-4(2)3/h9,12-13,15,18,23-25H,8,10-11,14,22H2,1-7H3;1H3,(H,2,3)/b17-12-,19-16-,20-9+,21-13+;. The molecule has 1 fully saturated rings. The summed E-state index contributed by atoms with van der Waals surface area (Å²) >= 11 is -1.61. The van der Waals surface area contributed by atoms with Crippen molar-refractivity contribution < 1.29 is 13.5 Å². The number of ether oxygens (including phenoxy) is 1. The molecule has 6 N–H and O–H groups in total. The van der Waals surface area contributed by atoms with E-state index in [0.29, 0.717) is 11.9 Å². The molecule has 1 heterocycles. The maximum atomic E-state index is 9.11. The maximum Gasteiger partial charge on any atom is 0.149 e. The smallest absolute Gasteiger partial charge is 0.149 e. The predicted octanol–water partition coefficient (Wildman–Crippen LogP) is 2.23. The van der Waals surface area contributed by atoms with E-state index in [2.05, 4.69) is 41.9 Å². The van der Waals surface area contributed by atoms with Gasteiger partial charge in [0.2, 0.25) is 0 Å². The lowest BCUT2D eigenvalue weighted by atomic mass is 10.1. The molecule has 0 saturated carbocycles. The third-order valence-corrected chi connectivity index (χ3v) is 4.93. The first-order valence-electron chi connectivity index (χ1n) is 10.6. The second-order valence-corrected chi connectivity index (χ2v) is 8.11. The van der Waals surface area contributed by atoms with Crippen LogP contribution < -0.4 is 21.7 Å². The van der Waals surface area contributed by atoms with Crippen LogP contribution in [0.4, 0.5) is 0 Å². The second-order valence-electron chi connectivity index (χ2n) is 7.27. The van der Waals surface area contributed by atoms with Gasteiger partial charge in [0.1, 0.15) is 16.9 Å². The van der Waals surface area contributed by atoms with Crippen molar-refractivity contribution in [2.75, 3.05) is 40.5 Å². The quantitative estimate of drug-likeness (QED) is 0.251. The predicted molar refractivity (Wildman–Crippen MR) is 132 cm³/mol. The van der Waals surface area contributed by atoms with Crippen LogP contribution in [0.5, 0.6) is 0 Å². The highest BCUT2D eigenvalue weighted by atomic mass is 32.2. The van der Waals surface area contributed by atoms with Crippen molar-refractivity contribution in [1.29, 1.82) is 0 Å². The molecule has 1 aliphatic rings. The minimum absolute atomic E-state index is 0.0673. The molecule has 8 nitrogen and oxygen atoms in total. The number of likely N-dealkylation sites (N-methyl/N-ethyl adjacent to an activating group) is 2. The van der Waals surface area contributed by atoms with Gasteiger partial charge in [-0.25, -0.2) is 4.21 Å². The van der Waals surface area contributed by atoms with E-state index in [4.69, 9.17) is 19.2 Å². The lowest BCUT2D eigenvalue weighted by Crippen LogP contribution is -2.26. The van der Waals surface area contributed by atoms with E-state index >= 15 is 0 Å². The molecule has 31 heavy (non-hydrogen) atoms. The van der Waals surface area contributed by atoms with E-state index in [1.807, 2.05) is 46.0 Å². The van der Waals surface area contributed by atoms with Crippen molar-refractivity contribution in [3.63, 3.8) is 0 Å². The Kier molecular flexibility index (Phi) is 15.0. The van der Waals surface area contributed by atoms with Crippen LogP contribution in [0, 0.1) is 0 Å². The van der Waals surface area contributed by atoms with Crippen LogP contribution in [-0.2, 0) is 15.8 Å². The number of nitrogens with one attached hydrogen (secondary N) is 3. The minimum Gasteiger partial charge on any atom is -0.390 e. The Hall–Kier alpha value is -1.81. The molecule has 3 unspecified atom stereocenters. The average molecular weight is 458 g/mol. The molecule has 0 aromatic heterocycles. The van der Waals surface area contributed by atoms with Gasteiger partial charge in [-0.05, 0) is 45.7 Å². The van der Waals surface area contributed by atoms with Crippen LogP contribution in [0.25, 0.3) is 0 Å². The van der Waals surface area contributed by atoms with E-state index in [1.165, 1.54) is 11.8 Å². The van der Waals surface area contributed by atoms with Gasteiger partial charge in [0, 0.05) is 51.4 Å². The van der Waals surface area contributed by atoms with E-state index in [1.54, 1.807) is 0 Å². The van der Waals surface area contributed by atoms with Gasteiger partial charge in [-0.3, -0.25) is 0 Å². The highest BCUT2D eigenvalue weighted by Gasteiger charge is 2.18. The maximum absolute atomic E-state index is 9.11. The average Bonchev–Trinajstić information content (AvgIpc) is 3.23. The number of hydrogen-bond acceptors (Lipinski definition) is 7. The summed E-state index contributed by atoms with van der Waals surface area (Å²) in [5.41, 5.74) is 10.7. The van der Waals surface area contributed by atoms with Gasteiger partial charge in [0.05, 0.1) is 17.9 Å². The van der Waals surface area contributed by atoms with Crippen LogP contribution in [-0.4, -0.2) is 66.4 Å². The van der Waals surface area contributed by atoms with E-state index in [9.17, 15) is 0 Å². The normalized spacial score (nSPS) is 20.3. The second kappa shape index (κ2) is 15.9. The molecular weight excluding hydrogens is 414 g/mol. The van der Waals surface area contributed by atoms with Gasteiger partial charge in [-0.15, -0.1) is 0 Å². The van der Waals surface area contributed by atoms with Crippen molar-refractivity contribution in [3.05, 3.63) is 46.7 Å². The number of allylic oxidation sites excluding steroid dienone is 4. The van der Waals surface area contributed by atoms with E-state index in [0.717, 1.165) is 43.0 Å². The summed E-state index contributed by atoms with van der Waals surface area (Å²) < 4.78 is 22.8. The first-order valence-corrected chi connectivity index (χ1v) is 12.2. The topological polar surface area (TPSA) is 112 Å². The summed E-state index contributed by atoms with van der Waals surface area (Å²) in [7, 11) is 5.79. The SMILES string of the molecule is C/C=C(\C(=C/C(C)OC1CCNC1)CC)N(C)/C(N)=C/C(NC)=C(\C)NC.CS(=O)O. The zero-order valence-electron chi connectivity index (χ0n) is 20.4. The number of nitrogens with two attached hydrogens (primary N) is 1. The monoisotopic (exact) mass is 457 g/mol. The molecular formula is C22H43N5O3S. The van der Waals surface area contributed by atoms with Gasteiger partial charge < -0.3 is 35.9 Å². The zero-order valence-corrected chi connectivity index (χ0v) is 21.2. The molecule has 0 aromatic rings. The van der Waals surface area contributed by atoms with E-state index < -0.39 is 11.1 Å². The molecule has 1 aliphatic heterocycles. The molecule has 0 aliphatic carbocycles. The molecule has 1 rings (SSSR count). The third kappa shape index (κ3) is 11.4. The Morgan fingerprint density at radius 2 is 2.03 bits per heavy atom. The fourth-order valence-electron chi connectivity index (χ4n) is 3.24. The van der Waals surface area contributed by atoms with Crippen LogP contribution in [0.15, 0.2) is 46.7 Å². The Balaban J connectivity index is 0.00000206. The fourth-order valence-corrected chi connectivity index (χ4v) is 3.24. The highest BCUT2D eigenvalue weighted by Crippen LogP contribution is 2.22. The van der Waals surface area contributed by atoms with Crippen LogP contribution in [0.3, 0.4) is 0 Å². The molecule has 3 atom stereocenters. The summed E-state index contributed by atoms with van der Waals surface area (Å²) in [6.45, 7) is 10.3. The lowest BCUT2D eigenvalue weighted by molar-refractivity contribution is 0.0350. The molecule has 180 valence electrons.